The molecule has 3 aliphatic heterocycles. The fourth-order valence-corrected chi connectivity index (χ4v) is 7.54. The Hall–Kier alpha value is -2.13. The molecule has 0 radical (unpaired) electrons. The van der Waals surface area contributed by atoms with Gasteiger partial charge in [0.25, 0.3) is 11.8 Å². The number of hydrogen-bond donors (Lipinski definition) is 4. The van der Waals surface area contributed by atoms with Crippen LogP contribution >= 0.6 is 33.3 Å². The number of nitrogens with one attached hydrogen (secondary N) is 4. The van der Waals surface area contributed by atoms with Crippen LogP contribution in [-0.2, 0) is 28.8 Å². The van der Waals surface area contributed by atoms with Gasteiger partial charge in [0.2, 0.25) is 11.8 Å². The van der Waals surface area contributed by atoms with E-state index in [-0.39, 0.29) is 49.2 Å². The molecule has 3 fully saturated rings. The highest BCUT2D eigenvalue weighted by Gasteiger charge is 2.42. The zero-order valence-corrected chi connectivity index (χ0v) is 22.9. The van der Waals surface area contributed by atoms with E-state index in [0.29, 0.717) is 47.8 Å². The highest BCUT2D eigenvalue weighted by molar-refractivity contribution is 8.76. The summed E-state index contributed by atoms with van der Waals surface area (Å²) in [4.78, 5) is 74.6. The maximum absolute atomic E-state index is 12.0. The van der Waals surface area contributed by atoms with Crippen LogP contribution in [0.1, 0.15) is 51.4 Å². The molecule has 3 rings (SSSR count). The Labute approximate surface area is 227 Å². The van der Waals surface area contributed by atoms with Crippen molar-refractivity contribution in [2.24, 2.45) is 0 Å². The second kappa shape index (κ2) is 15.3. The van der Waals surface area contributed by atoms with Crippen molar-refractivity contribution in [3.8, 4) is 0 Å². The number of urea groups is 1. The van der Waals surface area contributed by atoms with Gasteiger partial charge in [0.05, 0.1) is 18.5 Å². The lowest BCUT2D eigenvalue weighted by Crippen LogP contribution is -2.36. The molecule has 0 saturated carbocycles. The van der Waals surface area contributed by atoms with E-state index in [2.05, 4.69) is 21.3 Å². The number of imide groups is 1. The Bertz CT molecular complexity index is 862. The van der Waals surface area contributed by atoms with E-state index in [1.165, 1.54) is 21.6 Å². The molecule has 0 aliphatic carbocycles. The van der Waals surface area contributed by atoms with Crippen LogP contribution in [0.25, 0.3) is 0 Å². The number of unbranched alkanes of at least 4 members (excludes halogenated alkanes) is 1. The summed E-state index contributed by atoms with van der Waals surface area (Å²) in [6.45, 7) is 0.729. The Kier molecular flexibility index (Phi) is 12.2. The third-order valence-electron chi connectivity index (χ3n) is 5.93. The minimum Gasteiger partial charge on any atom is -0.354 e. The Morgan fingerprint density at radius 3 is 2.27 bits per heavy atom. The molecule has 37 heavy (non-hydrogen) atoms. The fraction of sp³-hybridized carbons (Fsp3) is 0.727. The average Bonchev–Trinajstić information content (AvgIpc) is 3.51. The summed E-state index contributed by atoms with van der Waals surface area (Å²) >= 11 is 1.87. The van der Waals surface area contributed by atoms with Gasteiger partial charge in [-0.2, -0.15) is 11.8 Å². The number of hydrogen-bond acceptors (Lipinski definition) is 10. The minimum atomic E-state index is -0.640. The number of thioether (sulfide) groups is 1. The summed E-state index contributed by atoms with van der Waals surface area (Å²) in [5, 5.41) is 12.4. The van der Waals surface area contributed by atoms with Gasteiger partial charge in [-0.05, 0) is 12.8 Å². The summed E-state index contributed by atoms with van der Waals surface area (Å²) in [5.41, 5.74) is 0. The molecule has 0 spiro atoms. The molecule has 0 unspecified atom stereocenters. The molecule has 0 aromatic rings. The average molecular weight is 576 g/mol. The Morgan fingerprint density at radius 2 is 1.57 bits per heavy atom. The topological polar surface area (TPSA) is 163 Å². The number of fused-ring (bicyclic) bond motifs is 1. The molecule has 4 N–H and O–H groups in total. The van der Waals surface area contributed by atoms with Gasteiger partial charge in [0.15, 0.2) is 0 Å². The summed E-state index contributed by atoms with van der Waals surface area (Å²) in [7, 11) is 2.85. The van der Waals surface area contributed by atoms with Crippen LogP contribution in [0.2, 0.25) is 0 Å². The van der Waals surface area contributed by atoms with Crippen LogP contribution in [0.4, 0.5) is 4.79 Å². The molecule has 0 aromatic carbocycles. The predicted octanol–water partition coefficient (Wildman–Crippen LogP) is 0.713. The molecule has 0 aromatic heterocycles. The first kappa shape index (κ1) is 29.4. The van der Waals surface area contributed by atoms with Gasteiger partial charge in [-0.1, -0.05) is 28.0 Å². The largest absolute Gasteiger partial charge is 0.354 e. The number of rotatable bonds is 16. The smallest absolute Gasteiger partial charge is 0.334 e. The standard InChI is InChI=1S/C22H33N5O7S3/c28-16(4-2-1-3-15-21-14(13-35-15)25-22(33)26-21)23-9-10-24-17(29)7-11-36-37-12-8-20(32)34-27-18(30)5-6-19(27)31/h14-15,21H,1-13H2,(H,23,28)(H,24,29)(H2,25,26,33)/t14-,15-,21-/m0/s1. The van der Waals surface area contributed by atoms with Crippen molar-refractivity contribution in [1.29, 1.82) is 0 Å². The van der Waals surface area contributed by atoms with Crippen LogP contribution in [-0.4, -0.2) is 88.4 Å². The molecule has 3 heterocycles. The highest BCUT2D eigenvalue weighted by Crippen LogP contribution is 2.33. The zero-order valence-electron chi connectivity index (χ0n) is 20.5. The van der Waals surface area contributed by atoms with Crippen LogP contribution in [0.3, 0.4) is 0 Å². The maximum Gasteiger partial charge on any atom is 0.334 e. The van der Waals surface area contributed by atoms with Gasteiger partial charge in [0.1, 0.15) is 0 Å². The summed E-state index contributed by atoms with van der Waals surface area (Å²) in [5.74, 6) is 0.125. The van der Waals surface area contributed by atoms with Crippen molar-refractivity contribution in [1.82, 2.24) is 26.3 Å². The van der Waals surface area contributed by atoms with Crippen LogP contribution in [0.5, 0.6) is 0 Å². The molecular formula is C22H33N5O7S3. The lowest BCUT2D eigenvalue weighted by atomic mass is 10.0. The number of carbonyl (C=O) groups excluding carboxylic acids is 6. The molecule has 15 heteroatoms. The minimum absolute atomic E-state index is 0.0361. The van der Waals surface area contributed by atoms with Crippen LogP contribution in [0.15, 0.2) is 0 Å². The van der Waals surface area contributed by atoms with Crippen LogP contribution in [0, 0.1) is 0 Å². The van der Waals surface area contributed by atoms with Gasteiger partial charge in [-0.3, -0.25) is 19.2 Å². The van der Waals surface area contributed by atoms with Crippen LogP contribution < -0.4 is 21.3 Å². The maximum atomic E-state index is 12.0. The van der Waals surface area contributed by atoms with E-state index in [1.807, 2.05) is 11.8 Å². The first-order valence-corrected chi connectivity index (χ1v) is 15.9. The lowest BCUT2D eigenvalue weighted by Gasteiger charge is -2.16. The van der Waals surface area contributed by atoms with Gasteiger partial charge >= 0.3 is 12.0 Å². The van der Waals surface area contributed by atoms with Crippen molar-refractivity contribution in [2.75, 3.05) is 30.3 Å². The summed E-state index contributed by atoms with van der Waals surface area (Å²) in [6, 6.07) is 0.324. The molecular weight excluding hydrogens is 542 g/mol. The number of nitrogens with zero attached hydrogens (tertiary/aromatic N) is 1. The summed E-state index contributed by atoms with van der Waals surface area (Å²) < 4.78 is 0. The molecule has 6 amide bonds. The first-order chi connectivity index (χ1) is 17.8. The van der Waals surface area contributed by atoms with E-state index >= 15 is 0 Å². The van der Waals surface area contributed by atoms with E-state index < -0.39 is 17.8 Å². The second-order valence-electron chi connectivity index (χ2n) is 8.76. The van der Waals surface area contributed by atoms with Gasteiger partial charge in [-0.15, -0.1) is 5.06 Å². The quantitative estimate of drug-likeness (QED) is 0.0892. The Balaban J connectivity index is 1.09. The van der Waals surface area contributed by atoms with E-state index in [0.717, 1.165) is 25.0 Å². The normalized spacial score (nSPS) is 22.4. The first-order valence-electron chi connectivity index (χ1n) is 12.4. The second-order valence-corrected chi connectivity index (χ2v) is 12.7. The third kappa shape index (κ3) is 9.93. The molecule has 0 bridgehead atoms. The van der Waals surface area contributed by atoms with E-state index in [9.17, 15) is 28.8 Å². The third-order valence-corrected chi connectivity index (χ3v) is 9.85. The number of carbonyl (C=O) groups is 6. The van der Waals surface area contributed by atoms with Crippen molar-refractivity contribution < 1.29 is 33.6 Å². The molecule has 206 valence electrons. The monoisotopic (exact) mass is 575 g/mol. The molecule has 3 aliphatic rings. The van der Waals surface area contributed by atoms with Crippen molar-refractivity contribution in [3.05, 3.63) is 0 Å². The fourth-order valence-electron chi connectivity index (χ4n) is 4.04. The highest BCUT2D eigenvalue weighted by atomic mass is 33.1. The molecule has 12 nitrogen and oxygen atoms in total. The summed E-state index contributed by atoms with van der Waals surface area (Å²) in [6.07, 6.45) is 3.61. The number of amides is 6. The Morgan fingerprint density at radius 1 is 0.919 bits per heavy atom. The predicted molar refractivity (Wildman–Crippen MR) is 141 cm³/mol. The van der Waals surface area contributed by atoms with Crippen molar-refractivity contribution >= 4 is 69.0 Å². The van der Waals surface area contributed by atoms with Gasteiger partial charge in [-0.25, -0.2) is 9.59 Å². The molecule has 3 saturated heterocycles. The van der Waals surface area contributed by atoms with Gasteiger partial charge in [0, 0.05) is 61.3 Å². The van der Waals surface area contributed by atoms with E-state index in [4.69, 9.17) is 4.84 Å². The van der Waals surface area contributed by atoms with E-state index in [1.54, 1.807) is 0 Å². The number of hydroxylamine groups is 2. The SMILES string of the molecule is O=C(CCCC[C@@H]1SC[C@@H]2NC(=O)N[C@@H]21)NCCNC(=O)CCSSCCC(=O)ON1C(=O)CCC1=O. The van der Waals surface area contributed by atoms with Crippen molar-refractivity contribution in [3.63, 3.8) is 0 Å². The van der Waals surface area contributed by atoms with Crippen molar-refractivity contribution in [2.45, 2.75) is 68.7 Å². The molecule has 3 atom stereocenters. The zero-order chi connectivity index (χ0) is 26.6. The van der Waals surface area contributed by atoms with Gasteiger partial charge < -0.3 is 26.1 Å². The lowest BCUT2D eigenvalue weighted by molar-refractivity contribution is -0.197.